The second-order valence-electron chi connectivity index (χ2n) is 4.11. The lowest BCUT2D eigenvalue weighted by Crippen LogP contribution is -2.40. The highest BCUT2D eigenvalue weighted by Gasteiger charge is 2.48. The van der Waals surface area contributed by atoms with Gasteiger partial charge in [-0.15, -0.1) is 5.12 Å². The second-order valence-corrected chi connectivity index (χ2v) is 4.11. The van der Waals surface area contributed by atoms with Gasteiger partial charge in [-0.2, -0.15) is 22.6 Å². The molecule has 1 aromatic carbocycles. The van der Waals surface area contributed by atoms with E-state index in [4.69, 9.17) is 0 Å². The Hall–Kier alpha value is -2.38. The lowest BCUT2D eigenvalue weighted by molar-refractivity contribution is 0.0958. The first-order valence-corrected chi connectivity index (χ1v) is 5.48. The summed E-state index contributed by atoms with van der Waals surface area (Å²) in [5.41, 5.74) is -2.43. The fraction of sp³-hybridized carbons (Fsp3) is 0.0833. The molecule has 0 aliphatic carbocycles. The van der Waals surface area contributed by atoms with Gasteiger partial charge in [0.1, 0.15) is 11.4 Å². The third-order valence-corrected chi connectivity index (χ3v) is 2.92. The molecule has 1 unspecified atom stereocenters. The number of aromatic amines is 1. The van der Waals surface area contributed by atoms with Crippen LogP contribution in [0.4, 0.5) is 27.7 Å². The average Bonchev–Trinajstić information content (AvgIpc) is 2.74. The largest absolute Gasteiger partial charge is 0.333 e. The molecule has 2 heterocycles. The second kappa shape index (κ2) is 4.06. The molecule has 3 nitrogen and oxygen atoms in total. The van der Waals surface area contributed by atoms with E-state index in [1.54, 1.807) is 4.98 Å². The van der Waals surface area contributed by atoms with Gasteiger partial charge < -0.3 is 4.98 Å². The number of H-pyrrole nitrogens is 1. The van der Waals surface area contributed by atoms with E-state index in [9.17, 15) is 22.0 Å². The molecule has 1 N–H and O–H groups in total. The van der Waals surface area contributed by atoms with Crippen molar-refractivity contribution >= 4 is 11.7 Å². The standard InChI is InChI=1S/C12H6F5N3/c13-7-9-8(18-10(7)14)11(15)19-12(16,20(9)17)6-4-2-1-3-5-6/h1-5,18H. The first kappa shape index (κ1) is 12.6. The van der Waals surface area contributed by atoms with E-state index >= 15 is 0 Å². The molecule has 104 valence electrons. The summed E-state index contributed by atoms with van der Waals surface area (Å²) in [6, 6.07) is 6.58. The Morgan fingerprint density at radius 3 is 2.40 bits per heavy atom. The van der Waals surface area contributed by atoms with Gasteiger partial charge in [0.2, 0.25) is 17.7 Å². The predicted octanol–water partition coefficient (Wildman–Crippen LogP) is 3.49. The summed E-state index contributed by atoms with van der Waals surface area (Å²) >= 11 is 0. The van der Waals surface area contributed by atoms with E-state index < -0.39 is 40.2 Å². The van der Waals surface area contributed by atoms with E-state index in [-0.39, 0.29) is 5.56 Å². The Morgan fingerprint density at radius 1 is 1.10 bits per heavy atom. The molecule has 0 amide bonds. The lowest BCUT2D eigenvalue weighted by Gasteiger charge is -2.31. The maximum Gasteiger partial charge on any atom is 0.333 e. The van der Waals surface area contributed by atoms with Crippen LogP contribution in [0.2, 0.25) is 0 Å². The molecule has 20 heavy (non-hydrogen) atoms. The number of fused-ring (bicyclic) bond motifs is 1. The number of benzene rings is 1. The zero-order valence-electron chi connectivity index (χ0n) is 9.67. The minimum absolute atomic E-state index is 0.357. The normalized spacial score (nSPS) is 21.6. The quantitative estimate of drug-likeness (QED) is 0.486. The average molecular weight is 287 g/mol. The van der Waals surface area contributed by atoms with Crippen molar-refractivity contribution in [3.05, 3.63) is 53.4 Å². The molecule has 2 aromatic rings. The fourth-order valence-electron chi connectivity index (χ4n) is 1.98. The van der Waals surface area contributed by atoms with Crippen molar-refractivity contribution in [3.63, 3.8) is 0 Å². The van der Waals surface area contributed by atoms with E-state index in [0.717, 1.165) is 12.1 Å². The highest BCUT2D eigenvalue weighted by Crippen LogP contribution is 2.44. The van der Waals surface area contributed by atoms with Crippen LogP contribution in [0.25, 0.3) is 0 Å². The number of halogens is 5. The van der Waals surface area contributed by atoms with E-state index in [0.29, 0.717) is 0 Å². The van der Waals surface area contributed by atoms with Gasteiger partial charge >= 0.3 is 5.92 Å². The molecule has 0 spiro atoms. The number of aromatic nitrogens is 1. The number of hydrogen-bond acceptors (Lipinski definition) is 2. The van der Waals surface area contributed by atoms with Crippen LogP contribution in [0.3, 0.4) is 0 Å². The maximum absolute atomic E-state index is 14.6. The Kier molecular flexibility index (Phi) is 2.56. The third kappa shape index (κ3) is 1.54. The molecule has 1 aliphatic rings. The SMILES string of the molecule is FC1=NC(F)(c2ccccc2)N(F)c2c1[nH]c(F)c2F. The zero-order chi connectivity index (χ0) is 14.5. The van der Waals surface area contributed by atoms with Crippen LogP contribution in [-0.4, -0.2) is 10.9 Å². The minimum atomic E-state index is -3.30. The van der Waals surface area contributed by atoms with Gasteiger partial charge in [-0.1, -0.05) is 34.8 Å². The maximum atomic E-state index is 14.6. The summed E-state index contributed by atoms with van der Waals surface area (Å²) < 4.78 is 68.9. The summed E-state index contributed by atoms with van der Waals surface area (Å²) in [5.74, 6) is -8.14. The number of anilines is 1. The van der Waals surface area contributed by atoms with Crippen LogP contribution in [0.1, 0.15) is 11.3 Å². The Bertz CT molecular complexity index is 697. The van der Waals surface area contributed by atoms with Crippen LogP contribution < -0.4 is 5.12 Å². The molecule has 0 radical (unpaired) electrons. The zero-order valence-corrected chi connectivity index (χ0v) is 9.67. The fourth-order valence-corrected chi connectivity index (χ4v) is 1.98. The topological polar surface area (TPSA) is 31.4 Å². The van der Waals surface area contributed by atoms with Crippen LogP contribution in [0.5, 0.6) is 0 Å². The highest BCUT2D eigenvalue weighted by molar-refractivity contribution is 5.99. The lowest BCUT2D eigenvalue weighted by atomic mass is 10.1. The van der Waals surface area contributed by atoms with Gasteiger partial charge in [0.25, 0.3) is 0 Å². The third-order valence-electron chi connectivity index (χ3n) is 2.92. The van der Waals surface area contributed by atoms with Crippen LogP contribution in [-0.2, 0) is 5.92 Å². The van der Waals surface area contributed by atoms with Crippen molar-refractivity contribution in [2.24, 2.45) is 4.99 Å². The van der Waals surface area contributed by atoms with E-state index in [1.807, 2.05) is 0 Å². The summed E-state index contributed by atoms with van der Waals surface area (Å²) in [6.45, 7) is 0. The van der Waals surface area contributed by atoms with Crippen molar-refractivity contribution in [3.8, 4) is 0 Å². The van der Waals surface area contributed by atoms with Gasteiger partial charge in [0.05, 0.1) is 0 Å². The molecule has 1 aromatic heterocycles. The van der Waals surface area contributed by atoms with Crippen molar-refractivity contribution < 1.29 is 22.0 Å². The molecular weight excluding hydrogens is 281 g/mol. The van der Waals surface area contributed by atoms with Crippen LogP contribution >= 0.6 is 0 Å². The number of nitrogens with zero attached hydrogens (tertiary/aromatic N) is 2. The summed E-state index contributed by atoms with van der Waals surface area (Å²) in [6.07, 6.45) is 0. The van der Waals surface area contributed by atoms with Crippen molar-refractivity contribution in [1.82, 2.24) is 4.98 Å². The van der Waals surface area contributed by atoms with Gasteiger partial charge in [-0.3, -0.25) is 0 Å². The highest BCUT2D eigenvalue weighted by atomic mass is 19.2. The smallest absolute Gasteiger partial charge is 0.324 e. The Labute approximate surface area is 109 Å². The first-order valence-electron chi connectivity index (χ1n) is 5.48. The Balaban J connectivity index is 2.22. The molecular formula is C12H6F5N3. The van der Waals surface area contributed by atoms with E-state index in [1.165, 1.54) is 18.2 Å². The Morgan fingerprint density at radius 2 is 1.75 bits per heavy atom. The molecule has 0 fully saturated rings. The number of nitrogens with one attached hydrogen (secondary N) is 1. The molecule has 8 heteroatoms. The summed E-state index contributed by atoms with van der Waals surface area (Å²) in [7, 11) is 0. The molecule has 1 aliphatic heterocycles. The van der Waals surface area contributed by atoms with Gasteiger partial charge in [0, 0.05) is 5.56 Å². The molecule has 0 saturated heterocycles. The molecule has 3 rings (SSSR count). The van der Waals surface area contributed by atoms with Crippen molar-refractivity contribution in [2.45, 2.75) is 5.92 Å². The number of aliphatic imine (C=N–C) groups is 1. The summed E-state index contributed by atoms with van der Waals surface area (Å²) in [4.78, 5) is 4.57. The number of hydrogen-bond donors (Lipinski definition) is 1. The monoisotopic (exact) mass is 287 g/mol. The van der Waals surface area contributed by atoms with Crippen LogP contribution in [0.15, 0.2) is 35.3 Å². The number of alkyl halides is 1. The predicted molar refractivity (Wildman–Crippen MR) is 61.2 cm³/mol. The van der Waals surface area contributed by atoms with Gasteiger partial charge in [-0.25, -0.2) is 0 Å². The van der Waals surface area contributed by atoms with Crippen molar-refractivity contribution in [1.29, 1.82) is 0 Å². The minimum Gasteiger partial charge on any atom is -0.324 e. The van der Waals surface area contributed by atoms with Crippen LogP contribution in [0, 0.1) is 11.8 Å². The van der Waals surface area contributed by atoms with Gasteiger partial charge in [-0.05, 0) is 0 Å². The van der Waals surface area contributed by atoms with Crippen molar-refractivity contribution in [2.75, 3.05) is 5.12 Å². The first-order chi connectivity index (χ1) is 9.45. The molecule has 1 atom stereocenters. The molecule has 0 bridgehead atoms. The summed E-state index contributed by atoms with van der Waals surface area (Å²) in [5, 5.41) is -0.740. The number of rotatable bonds is 1. The van der Waals surface area contributed by atoms with Gasteiger partial charge in [0.15, 0.2) is 0 Å². The molecule has 0 saturated carbocycles. The van der Waals surface area contributed by atoms with E-state index in [2.05, 4.69) is 4.99 Å².